The SMILES string of the molecule is FC(F)(F)C1CCCC(NCc2nc3ccccc3[nH]2)C1. The second-order valence-corrected chi connectivity index (χ2v) is 5.68. The van der Waals surface area contributed by atoms with Crippen LogP contribution in [0, 0.1) is 5.92 Å². The maximum Gasteiger partial charge on any atom is 0.391 e. The summed E-state index contributed by atoms with van der Waals surface area (Å²) in [6, 6.07) is 7.60. The Morgan fingerprint density at radius 3 is 2.81 bits per heavy atom. The first-order valence-electron chi connectivity index (χ1n) is 7.26. The summed E-state index contributed by atoms with van der Waals surface area (Å²) < 4.78 is 38.3. The molecule has 1 aromatic carbocycles. The van der Waals surface area contributed by atoms with Gasteiger partial charge in [0.25, 0.3) is 0 Å². The lowest BCUT2D eigenvalue weighted by molar-refractivity contribution is -0.183. The van der Waals surface area contributed by atoms with Gasteiger partial charge in [-0.05, 0) is 31.4 Å². The molecule has 1 aliphatic rings. The number of fused-ring (bicyclic) bond motifs is 1. The standard InChI is InChI=1S/C15H18F3N3/c16-15(17,18)10-4-3-5-11(8-10)19-9-14-20-12-6-1-2-7-13(12)21-14/h1-2,6-7,10-11,19H,3-5,8-9H2,(H,20,21). The second kappa shape index (κ2) is 5.67. The number of para-hydroxylation sites is 2. The van der Waals surface area contributed by atoms with Crippen molar-refractivity contribution in [3.63, 3.8) is 0 Å². The van der Waals surface area contributed by atoms with Gasteiger partial charge in [-0.15, -0.1) is 0 Å². The number of hydrogen-bond donors (Lipinski definition) is 2. The summed E-state index contributed by atoms with van der Waals surface area (Å²) in [5.41, 5.74) is 1.83. The summed E-state index contributed by atoms with van der Waals surface area (Å²) in [6.45, 7) is 0.476. The monoisotopic (exact) mass is 297 g/mol. The van der Waals surface area contributed by atoms with E-state index < -0.39 is 12.1 Å². The lowest BCUT2D eigenvalue weighted by Gasteiger charge is -2.30. The highest BCUT2D eigenvalue weighted by Gasteiger charge is 2.41. The molecule has 3 rings (SSSR count). The third kappa shape index (κ3) is 3.37. The van der Waals surface area contributed by atoms with Crippen LogP contribution < -0.4 is 5.32 Å². The minimum absolute atomic E-state index is 0.0846. The topological polar surface area (TPSA) is 40.7 Å². The Morgan fingerprint density at radius 2 is 2.05 bits per heavy atom. The molecule has 2 aromatic rings. The highest BCUT2D eigenvalue weighted by molar-refractivity contribution is 5.74. The highest BCUT2D eigenvalue weighted by Crippen LogP contribution is 2.37. The molecule has 1 aromatic heterocycles. The summed E-state index contributed by atoms with van der Waals surface area (Å²) in [6.07, 6.45) is -2.22. The van der Waals surface area contributed by atoms with E-state index in [2.05, 4.69) is 15.3 Å². The van der Waals surface area contributed by atoms with E-state index in [1.807, 2.05) is 24.3 Å². The Hall–Kier alpha value is -1.56. The molecule has 1 aliphatic carbocycles. The molecular weight excluding hydrogens is 279 g/mol. The van der Waals surface area contributed by atoms with Crippen LogP contribution in [0.15, 0.2) is 24.3 Å². The number of halogens is 3. The van der Waals surface area contributed by atoms with E-state index in [1.54, 1.807) is 0 Å². The first-order valence-corrected chi connectivity index (χ1v) is 7.26. The zero-order valence-corrected chi connectivity index (χ0v) is 11.6. The molecule has 0 aliphatic heterocycles. The van der Waals surface area contributed by atoms with E-state index in [4.69, 9.17) is 0 Å². The van der Waals surface area contributed by atoms with Crippen molar-refractivity contribution in [1.82, 2.24) is 15.3 Å². The van der Waals surface area contributed by atoms with Gasteiger partial charge in [-0.2, -0.15) is 13.2 Å². The predicted octanol–water partition coefficient (Wildman–Crippen LogP) is 3.77. The summed E-state index contributed by atoms with van der Waals surface area (Å²) in [5.74, 6) is -0.398. The fourth-order valence-corrected chi connectivity index (χ4v) is 3.00. The van der Waals surface area contributed by atoms with E-state index in [0.717, 1.165) is 23.3 Å². The predicted molar refractivity (Wildman–Crippen MR) is 74.7 cm³/mol. The van der Waals surface area contributed by atoms with Gasteiger partial charge in [-0.3, -0.25) is 0 Å². The molecule has 0 saturated heterocycles. The molecule has 1 heterocycles. The molecule has 1 fully saturated rings. The van der Waals surface area contributed by atoms with Gasteiger partial charge >= 0.3 is 6.18 Å². The molecule has 6 heteroatoms. The molecule has 2 atom stereocenters. The Labute approximate surface area is 121 Å². The van der Waals surface area contributed by atoms with Crippen LogP contribution in [0.3, 0.4) is 0 Å². The average molecular weight is 297 g/mol. The van der Waals surface area contributed by atoms with Gasteiger partial charge in [0.1, 0.15) is 5.82 Å². The Bertz CT molecular complexity index is 572. The van der Waals surface area contributed by atoms with Crippen LogP contribution in [0.2, 0.25) is 0 Å². The largest absolute Gasteiger partial charge is 0.391 e. The van der Waals surface area contributed by atoms with Crippen molar-refractivity contribution in [2.45, 2.75) is 44.4 Å². The number of aromatic amines is 1. The molecule has 3 nitrogen and oxygen atoms in total. The number of H-pyrrole nitrogens is 1. The summed E-state index contributed by atoms with van der Waals surface area (Å²) in [5, 5.41) is 3.21. The maximum absolute atomic E-state index is 12.8. The molecule has 0 amide bonds. The molecule has 0 spiro atoms. The fourth-order valence-electron chi connectivity index (χ4n) is 3.00. The van der Waals surface area contributed by atoms with E-state index in [0.29, 0.717) is 13.0 Å². The molecule has 1 saturated carbocycles. The molecule has 21 heavy (non-hydrogen) atoms. The number of aromatic nitrogens is 2. The quantitative estimate of drug-likeness (QED) is 0.905. The van der Waals surface area contributed by atoms with Crippen molar-refractivity contribution in [2.75, 3.05) is 0 Å². The Balaban J connectivity index is 1.59. The van der Waals surface area contributed by atoms with E-state index in [9.17, 15) is 13.2 Å². The van der Waals surface area contributed by atoms with Crippen LogP contribution in [0.4, 0.5) is 13.2 Å². The van der Waals surface area contributed by atoms with Gasteiger partial charge in [0.2, 0.25) is 0 Å². The Morgan fingerprint density at radius 1 is 1.24 bits per heavy atom. The van der Waals surface area contributed by atoms with Crippen LogP contribution in [0.25, 0.3) is 11.0 Å². The van der Waals surface area contributed by atoms with Crippen molar-refractivity contribution in [1.29, 1.82) is 0 Å². The van der Waals surface area contributed by atoms with Crippen molar-refractivity contribution >= 4 is 11.0 Å². The Kier molecular flexibility index (Phi) is 3.89. The minimum atomic E-state index is -4.07. The number of hydrogen-bond acceptors (Lipinski definition) is 2. The molecule has 2 N–H and O–H groups in total. The summed E-state index contributed by atoms with van der Waals surface area (Å²) >= 11 is 0. The van der Waals surface area contributed by atoms with E-state index >= 15 is 0 Å². The zero-order chi connectivity index (χ0) is 14.9. The number of benzene rings is 1. The van der Waals surface area contributed by atoms with Crippen LogP contribution in [-0.2, 0) is 6.54 Å². The molecule has 2 unspecified atom stereocenters. The summed E-state index contributed by atoms with van der Waals surface area (Å²) in [4.78, 5) is 7.61. The molecular formula is C15H18F3N3. The van der Waals surface area contributed by atoms with Crippen molar-refractivity contribution < 1.29 is 13.2 Å². The second-order valence-electron chi connectivity index (χ2n) is 5.68. The van der Waals surface area contributed by atoms with Crippen LogP contribution >= 0.6 is 0 Å². The van der Waals surface area contributed by atoms with Crippen molar-refractivity contribution in [3.8, 4) is 0 Å². The lowest BCUT2D eigenvalue weighted by Crippen LogP contribution is -2.38. The number of alkyl halides is 3. The molecule has 114 valence electrons. The fraction of sp³-hybridized carbons (Fsp3) is 0.533. The maximum atomic E-state index is 12.8. The van der Waals surface area contributed by atoms with Crippen LogP contribution in [0.1, 0.15) is 31.5 Å². The summed E-state index contributed by atoms with van der Waals surface area (Å²) in [7, 11) is 0. The first-order chi connectivity index (χ1) is 10.0. The van der Waals surface area contributed by atoms with Gasteiger partial charge < -0.3 is 10.3 Å². The van der Waals surface area contributed by atoms with Crippen LogP contribution in [0.5, 0.6) is 0 Å². The normalized spacial score (nSPS) is 23.6. The third-order valence-corrected chi connectivity index (χ3v) is 4.13. The van der Waals surface area contributed by atoms with Gasteiger partial charge in [-0.1, -0.05) is 18.6 Å². The third-order valence-electron chi connectivity index (χ3n) is 4.13. The van der Waals surface area contributed by atoms with E-state index in [1.165, 1.54) is 0 Å². The van der Waals surface area contributed by atoms with Crippen molar-refractivity contribution in [2.24, 2.45) is 5.92 Å². The van der Waals surface area contributed by atoms with Crippen molar-refractivity contribution in [3.05, 3.63) is 30.1 Å². The average Bonchev–Trinajstić information content (AvgIpc) is 2.87. The zero-order valence-electron chi connectivity index (χ0n) is 11.6. The van der Waals surface area contributed by atoms with Crippen LogP contribution in [-0.4, -0.2) is 22.2 Å². The number of nitrogens with one attached hydrogen (secondary N) is 2. The van der Waals surface area contributed by atoms with Gasteiger partial charge in [0.05, 0.1) is 23.5 Å². The first kappa shape index (κ1) is 14.4. The number of imidazole rings is 1. The lowest BCUT2D eigenvalue weighted by atomic mass is 9.85. The number of nitrogens with zero attached hydrogens (tertiary/aromatic N) is 1. The molecule has 0 radical (unpaired) electrons. The minimum Gasteiger partial charge on any atom is -0.341 e. The number of rotatable bonds is 3. The van der Waals surface area contributed by atoms with Gasteiger partial charge in [0, 0.05) is 6.04 Å². The van der Waals surface area contributed by atoms with Gasteiger partial charge in [-0.25, -0.2) is 4.98 Å². The molecule has 0 bridgehead atoms. The smallest absolute Gasteiger partial charge is 0.341 e. The van der Waals surface area contributed by atoms with E-state index in [-0.39, 0.29) is 18.9 Å². The highest BCUT2D eigenvalue weighted by atomic mass is 19.4. The van der Waals surface area contributed by atoms with Gasteiger partial charge in [0.15, 0.2) is 0 Å².